The summed E-state index contributed by atoms with van der Waals surface area (Å²) in [5.41, 5.74) is 1.51. The van der Waals surface area contributed by atoms with Crippen LogP contribution in [0.2, 0.25) is 0 Å². The quantitative estimate of drug-likeness (QED) is 0.352. The molecule has 0 aromatic rings. The standard InChI is InChI=1S/C4H12BPS/c1-6(2)3-5-7-4-6/h5-6H,3-4H2,1-2H3. The second kappa shape index (κ2) is 1.99. The zero-order valence-corrected chi connectivity index (χ0v) is 6.85. The molecule has 0 nitrogen and oxygen atoms in total. The monoisotopic (exact) mass is 134 g/mol. The number of hydrogen-bond donors (Lipinski definition) is 0. The van der Waals surface area contributed by atoms with Gasteiger partial charge >= 0.3 is 50.3 Å². The van der Waals surface area contributed by atoms with Gasteiger partial charge in [0, 0.05) is 0 Å². The first-order valence-corrected chi connectivity index (χ1v) is 7.35. The first kappa shape index (κ1) is 5.97. The zero-order valence-electron chi connectivity index (χ0n) is 5.03. The Morgan fingerprint density at radius 3 is 2.43 bits per heavy atom. The van der Waals surface area contributed by atoms with E-state index in [1.54, 1.807) is 6.06 Å². The molecule has 0 spiro atoms. The van der Waals surface area contributed by atoms with Crippen molar-refractivity contribution in [2.24, 2.45) is 0 Å². The summed E-state index contributed by atoms with van der Waals surface area (Å²) >= 11 is 2.14. The van der Waals surface area contributed by atoms with Gasteiger partial charge in [-0.15, -0.1) is 0 Å². The molecule has 7 heavy (non-hydrogen) atoms. The molecule has 0 unspecified atom stereocenters. The molecule has 3 heteroatoms. The first-order valence-electron chi connectivity index (χ1n) is 2.78. The molecule has 0 bridgehead atoms. The van der Waals surface area contributed by atoms with Crippen LogP contribution in [-0.2, 0) is 0 Å². The van der Waals surface area contributed by atoms with Gasteiger partial charge in [0.05, 0.1) is 0 Å². The third-order valence-electron chi connectivity index (χ3n) is 1.42. The van der Waals surface area contributed by atoms with Crippen LogP contribution in [0.5, 0.6) is 0 Å². The Morgan fingerprint density at radius 2 is 2.29 bits per heavy atom. The summed E-state index contributed by atoms with van der Waals surface area (Å²) in [6.45, 7) is 6.40. The Kier molecular flexibility index (Phi) is 1.70. The van der Waals surface area contributed by atoms with Crippen molar-refractivity contribution in [1.82, 2.24) is 0 Å². The molecule has 1 heterocycles. The predicted molar refractivity (Wildman–Crippen MR) is 44.6 cm³/mol. The molecule has 0 aliphatic carbocycles. The van der Waals surface area contributed by atoms with E-state index < -0.39 is 7.26 Å². The van der Waals surface area contributed by atoms with Gasteiger partial charge < -0.3 is 0 Å². The summed E-state index contributed by atoms with van der Waals surface area (Å²) in [6, 6.07) is 1.55. The van der Waals surface area contributed by atoms with Crippen LogP contribution < -0.4 is 0 Å². The van der Waals surface area contributed by atoms with E-state index in [4.69, 9.17) is 0 Å². The van der Waals surface area contributed by atoms with Crippen molar-refractivity contribution in [1.29, 1.82) is 0 Å². The molecule has 0 N–H and O–H groups in total. The van der Waals surface area contributed by atoms with Crippen LogP contribution >= 0.6 is 18.9 Å². The average Bonchev–Trinajstić information content (AvgIpc) is 1.84. The summed E-state index contributed by atoms with van der Waals surface area (Å²) < 4.78 is 0. The zero-order chi connectivity index (χ0) is 5.33. The maximum absolute atomic E-state index is 2.48. The summed E-state index contributed by atoms with van der Waals surface area (Å²) in [6.07, 6.45) is 0. The second-order valence-corrected chi connectivity index (χ2v) is 9.77. The molecule has 42 valence electrons. The summed E-state index contributed by atoms with van der Waals surface area (Å²) in [5, 5.41) is 0. The minimum absolute atomic E-state index is 0.577. The summed E-state index contributed by atoms with van der Waals surface area (Å²) in [4.78, 5) is 0. The molecular weight excluding hydrogens is 122 g/mol. The van der Waals surface area contributed by atoms with E-state index in [1.165, 1.54) is 12.1 Å². The normalized spacial score (nSPS) is 31.7. The number of hydrogen-bond acceptors (Lipinski definition) is 1. The molecule has 1 aliphatic heterocycles. The van der Waals surface area contributed by atoms with Gasteiger partial charge in [-0.1, -0.05) is 0 Å². The van der Waals surface area contributed by atoms with Crippen molar-refractivity contribution in [3.8, 4) is 0 Å². The van der Waals surface area contributed by atoms with E-state index in [1.807, 2.05) is 0 Å². The fraction of sp³-hybridized carbons (Fsp3) is 1.00. The van der Waals surface area contributed by atoms with Gasteiger partial charge in [-0.05, 0) is 0 Å². The van der Waals surface area contributed by atoms with Crippen molar-refractivity contribution < 1.29 is 0 Å². The van der Waals surface area contributed by atoms with Crippen LogP contribution in [0.4, 0.5) is 0 Å². The molecule has 0 aromatic heterocycles. The third-order valence-corrected chi connectivity index (χ3v) is 7.82. The van der Waals surface area contributed by atoms with E-state index in [0.29, 0.717) is 0 Å². The molecule has 1 rings (SSSR count). The molecule has 0 saturated carbocycles. The Bertz CT molecular complexity index is 66.1. The minimum atomic E-state index is -0.577. The van der Waals surface area contributed by atoms with Gasteiger partial charge in [0.2, 0.25) is 0 Å². The van der Waals surface area contributed by atoms with Crippen LogP contribution in [0.15, 0.2) is 0 Å². The van der Waals surface area contributed by atoms with Gasteiger partial charge in [0.15, 0.2) is 0 Å². The molecule has 1 aliphatic rings. The SMILES string of the molecule is C[PH]1(C)CBSC1. The molecule has 1 fully saturated rings. The summed E-state index contributed by atoms with van der Waals surface area (Å²) in [5.74, 6) is 0. The van der Waals surface area contributed by atoms with E-state index in [-0.39, 0.29) is 0 Å². The molecule has 0 aromatic carbocycles. The van der Waals surface area contributed by atoms with E-state index in [9.17, 15) is 0 Å². The second-order valence-electron chi connectivity index (χ2n) is 2.97. The molecule has 0 atom stereocenters. The van der Waals surface area contributed by atoms with Crippen LogP contribution in [0.25, 0.3) is 0 Å². The van der Waals surface area contributed by atoms with Gasteiger partial charge in [-0.3, -0.25) is 0 Å². The van der Waals surface area contributed by atoms with E-state index in [0.717, 1.165) is 0 Å². The van der Waals surface area contributed by atoms with Gasteiger partial charge in [0.1, 0.15) is 0 Å². The molecule has 0 amide bonds. The maximum atomic E-state index is 2.48. The van der Waals surface area contributed by atoms with Crippen LogP contribution in [0, 0.1) is 0 Å². The van der Waals surface area contributed by atoms with E-state index in [2.05, 4.69) is 24.9 Å². The molecule has 1 saturated heterocycles. The molecule has 0 radical (unpaired) electrons. The van der Waals surface area contributed by atoms with Crippen molar-refractivity contribution in [2.45, 2.75) is 0 Å². The Balaban J connectivity index is 2.40. The third kappa shape index (κ3) is 1.66. The van der Waals surface area contributed by atoms with Crippen LogP contribution in [0.3, 0.4) is 0 Å². The van der Waals surface area contributed by atoms with Gasteiger partial charge in [-0.2, -0.15) is 0 Å². The first-order chi connectivity index (χ1) is 3.21. The summed E-state index contributed by atoms with van der Waals surface area (Å²) in [7, 11) is -0.577. The average molecular weight is 134 g/mol. The number of rotatable bonds is 0. The fourth-order valence-electron chi connectivity index (χ4n) is 0.769. The predicted octanol–water partition coefficient (Wildman–Crippen LogP) is 1.01. The Morgan fingerprint density at radius 1 is 1.57 bits per heavy atom. The van der Waals surface area contributed by atoms with Crippen molar-refractivity contribution in [2.75, 3.05) is 24.9 Å². The van der Waals surface area contributed by atoms with Gasteiger partial charge in [0.25, 0.3) is 0 Å². The molecular formula is C4H12BPS. The Hall–Kier alpha value is 0.845. The van der Waals surface area contributed by atoms with Crippen molar-refractivity contribution in [3.05, 3.63) is 0 Å². The van der Waals surface area contributed by atoms with E-state index >= 15 is 0 Å². The van der Waals surface area contributed by atoms with Crippen LogP contribution in [0.1, 0.15) is 0 Å². The Labute approximate surface area is 50.9 Å². The fourth-order valence-corrected chi connectivity index (χ4v) is 6.92. The van der Waals surface area contributed by atoms with Crippen molar-refractivity contribution in [3.63, 3.8) is 0 Å². The van der Waals surface area contributed by atoms with Gasteiger partial charge in [-0.25, -0.2) is 0 Å². The topological polar surface area (TPSA) is 0 Å². The van der Waals surface area contributed by atoms with Crippen molar-refractivity contribution >= 4 is 25.4 Å². The van der Waals surface area contributed by atoms with Crippen LogP contribution in [-0.4, -0.2) is 31.4 Å².